The molecule has 3 aromatic carbocycles. The summed E-state index contributed by atoms with van der Waals surface area (Å²) in [6.45, 7) is 37.0. The third-order valence-corrected chi connectivity index (χ3v) is 9.41. The van der Waals surface area contributed by atoms with Crippen molar-refractivity contribution >= 4 is 29.0 Å². The smallest absolute Gasteiger partial charge is 0.171 e. The number of unbranched alkanes of at least 4 members (excludes halogenated alkanes) is 1. The van der Waals surface area contributed by atoms with Crippen LogP contribution >= 0.6 is 24.8 Å². The standard InChI is InChI=1S/C29H41.C13H21.C6H5.CH3.CH2.2ClH.Zr/c1-26(2,3)22-14-18-13-19-15-23(27(4,5)6)25(29(10,11)12)17-21(19)20(18)16-24(22)28(7,8)9;1-5-6-7-11-8-9-12(10-11)13(2,3)4;1-2-4-6-5-3-1;;;;;/h14,16-17H,13H2,1-12H3;9-11H,5-7H2,1-4H3;1-5H;1H3;1H2;2*1H;/q4*-1;;;;. The number of halogens is 2. The zero-order valence-electron chi connectivity index (χ0n) is 36.7. The fraction of sp³-hybridized carbons (Fsp3) is 0.520. The van der Waals surface area contributed by atoms with Crippen molar-refractivity contribution in [2.24, 2.45) is 11.3 Å². The fourth-order valence-corrected chi connectivity index (χ4v) is 6.53. The average molecular weight is 837 g/mol. The van der Waals surface area contributed by atoms with E-state index in [1.807, 2.05) is 30.3 Å². The average Bonchev–Trinajstić information content (AvgIpc) is 3.64. The van der Waals surface area contributed by atoms with Crippen LogP contribution in [0.3, 0.4) is 0 Å². The van der Waals surface area contributed by atoms with E-state index < -0.39 is 0 Å². The molecule has 3 aromatic rings. The Morgan fingerprint density at radius 1 is 0.660 bits per heavy atom. The maximum atomic E-state index is 3.90. The Labute approximate surface area is 356 Å². The maximum absolute atomic E-state index is 3.90. The second kappa shape index (κ2) is 21.7. The Morgan fingerprint density at radius 3 is 1.53 bits per heavy atom. The van der Waals surface area contributed by atoms with Crippen molar-refractivity contribution in [3.63, 3.8) is 0 Å². The number of benzene rings is 3. The van der Waals surface area contributed by atoms with E-state index in [9.17, 15) is 0 Å². The minimum Gasteiger partial charge on any atom is -0.358 e. The molecule has 0 aromatic heterocycles. The normalized spacial score (nSPS) is 14.5. The molecule has 296 valence electrons. The van der Waals surface area contributed by atoms with Gasteiger partial charge in [0.2, 0.25) is 0 Å². The Balaban J connectivity index is 0. The molecule has 0 spiro atoms. The first kappa shape index (κ1) is 53.6. The maximum Gasteiger partial charge on any atom is -0.171 e. The molecule has 0 fully saturated rings. The first-order valence-corrected chi connectivity index (χ1v) is 20.5. The van der Waals surface area contributed by atoms with Crippen molar-refractivity contribution in [3.8, 4) is 11.1 Å². The van der Waals surface area contributed by atoms with Crippen LogP contribution in [0.4, 0.5) is 0 Å². The van der Waals surface area contributed by atoms with E-state index in [1.165, 1.54) is 93.6 Å². The monoisotopic (exact) mass is 834 g/mol. The van der Waals surface area contributed by atoms with Gasteiger partial charge >= 0.3 is 28.4 Å². The minimum absolute atomic E-state index is 0. The van der Waals surface area contributed by atoms with Gasteiger partial charge in [-0.2, -0.15) is 65.7 Å². The van der Waals surface area contributed by atoms with Gasteiger partial charge in [-0.1, -0.05) is 164 Å². The molecule has 1 atom stereocenters. The van der Waals surface area contributed by atoms with Gasteiger partial charge in [0.1, 0.15) is 0 Å². The molecule has 0 aliphatic heterocycles. The van der Waals surface area contributed by atoms with Crippen molar-refractivity contribution in [2.75, 3.05) is 0 Å². The molecule has 0 amide bonds. The zero-order valence-corrected chi connectivity index (χ0v) is 40.8. The van der Waals surface area contributed by atoms with Gasteiger partial charge < -0.3 is 7.43 Å². The second-order valence-corrected chi connectivity index (χ2v) is 19.2. The molecule has 2 aliphatic carbocycles. The van der Waals surface area contributed by atoms with E-state index in [0.29, 0.717) is 11.3 Å². The van der Waals surface area contributed by atoms with Crippen molar-refractivity contribution in [3.05, 3.63) is 125 Å². The quantitative estimate of drug-likeness (QED) is 0.180. The number of hydrogen-bond donors (Lipinski definition) is 0. The minimum atomic E-state index is 0. The predicted molar refractivity (Wildman–Crippen MR) is 240 cm³/mol. The SMILES string of the molecule is CC(C)(C)c1[c-]c2c(cc1C(C)(C)C)-c1cc(C(C)(C)C)c(C(C)(C)C)cc1C2.CCCCC1[C-]=CC(C(C)(C)C)=C1.Cl.Cl.[CH2]=[Zr].[CH3-].[c-]1ccccc1. The van der Waals surface area contributed by atoms with Crippen LogP contribution < -0.4 is 0 Å². The molecule has 3 heteroatoms. The molecule has 53 heavy (non-hydrogen) atoms. The molecule has 0 saturated heterocycles. The molecular weight excluding hydrogens is 763 g/mol. The van der Waals surface area contributed by atoms with Crippen molar-refractivity contribution in [1.29, 1.82) is 0 Å². The summed E-state index contributed by atoms with van der Waals surface area (Å²) in [7, 11) is 0. The number of rotatable bonds is 3. The molecule has 0 radical (unpaired) electrons. The predicted octanol–water partition coefficient (Wildman–Crippen LogP) is 15.1. The van der Waals surface area contributed by atoms with Gasteiger partial charge in [0.15, 0.2) is 0 Å². The molecule has 0 bridgehead atoms. The van der Waals surface area contributed by atoms with E-state index in [4.69, 9.17) is 0 Å². The van der Waals surface area contributed by atoms with E-state index >= 15 is 0 Å². The summed E-state index contributed by atoms with van der Waals surface area (Å²) in [4.78, 5) is 0. The summed E-state index contributed by atoms with van der Waals surface area (Å²) < 4.78 is 3.34. The molecule has 0 saturated carbocycles. The van der Waals surface area contributed by atoms with Gasteiger partial charge in [-0.3, -0.25) is 6.08 Å². The van der Waals surface area contributed by atoms with Crippen LogP contribution in [0, 0.1) is 37.0 Å². The summed E-state index contributed by atoms with van der Waals surface area (Å²) in [5, 5.41) is 0. The largest absolute Gasteiger partial charge is 0.358 e. The van der Waals surface area contributed by atoms with Gasteiger partial charge in [-0.05, 0) is 39.4 Å². The first-order chi connectivity index (χ1) is 22.9. The van der Waals surface area contributed by atoms with E-state index in [2.05, 4.69) is 164 Å². The summed E-state index contributed by atoms with van der Waals surface area (Å²) >= 11 is 1.30. The van der Waals surface area contributed by atoms with Gasteiger partial charge in [0.25, 0.3) is 0 Å². The van der Waals surface area contributed by atoms with Crippen molar-refractivity contribution in [1.82, 2.24) is 0 Å². The molecule has 1 unspecified atom stereocenters. The van der Waals surface area contributed by atoms with E-state index in [1.54, 1.807) is 0 Å². The molecular formula is C50H74Cl2Zr-4. The topological polar surface area (TPSA) is 0 Å². The van der Waals surface area contributed by atoms with Crippen molar-refractivity contribution in [2.45, 2.75) is 158 Å². The molecule has 0 heterocycles. The molecule has 2 aliphatic rings. The van der Waals surface area contributed by atoms with Gasteiger partial charge in [0, 0.05) is 0 Å². The van der Waals surface area contributed by atoms with Crippen LogP contribution in [0.25, 0.3) is 11.1 Å². The number of hydrogen-bond acceptors (Lipinski definition) is 0. The molecule has 0 nitrogen and oxygen atoms in total. The van der Waals surface area contributed by atoms with Crippen LogP contribution in [-0.2, 0) is 52.3 Å². The van der Waals surface area contributed by atoms with Gasteiger partial charge in [-0.15, -0.1) is 41.5 Å². The van der Waals surface area contributed by atoms with Crippen LogP contribution in [0.2, 0.25) is 0 Å². The van der Waals surface area contributed by atoms with Crippen LogP contribution in [0.1, 0.15) is 163 Å². The third kappa shape index (κ3) is 15.5. The summed E-state index contributed by atoms with van der Waals surface area (Å²) in [5.74, 6) is 0.592. The molecule has 5 rings (SSSR count). The Morgan fingerprint density at radius 2 is 1.15 bits per heavy atom. The van der Waals surface area contributed by atoms with Gasteiger partial charge in [-0.25, -0.2) is 6.08 Å². The Bertz CT molecular complexity index is 1490. The number of fused-ring (bicyclic) bond motifs is 3. The molecule has 0 N–H and O–H groups in total. The number of allylic oxidation sites excluding steroid dienone is 4. The Hall–Kier alpha value is -1.53. The zero-order chi connectivity index (χ0) is 38.3. The van der Waals surface area contributed by atoms with E-state index in [-0.39, 0.29) is 53.9 Å². The summed E-state index contributed by atoms with van der Waals surface area (Å²) in [6.07, 6.45) is 12.9. The van der Waals surface area contributed by atoms with Crippen molar-refractivity contribution < 1.29 is 24.2 Å². The first-order valence-electron chi connectivity index (χ1n) is 18.8. The second-order valence-electron chi connectivity index (χ2n) is 19.2. The van der Waals surface area contributed by atoms with Crippen LogP contribution in [0.5, 0.6) is 0 Å². The van der Waals surface area contributed by atoms with E-state index in [0.717, 1.165) is 6.42 Å². The van der Waals surface area contributed by atoms with Crippen LogP contribution in [-0.4, -0.2) is 4.21 Å². The van der Waals surface area contributed by atoms with Crippen LogP contribution in [0.15, 0.2) is 66.3 Å². The summed E-state index contributed by atoms with van der Waals surface area (Å²) in [5.41, 5.74) is 13.7. The summed E-state index contributed by atoms with van der Waals surface area (Å²) in [6, 6.07) is 23.9. The fourth-order valence-electron chi connectivity index (χ4n) is 6.53. The van der Waals surface area contributed by atoms with Gasteiger partial charge in [0.05, 0.1) is 0 Å². The Kier molecular flexibility index (Phi) is 21.9. The third-order valence-electron chi connectivity index (χ3n) is 9.41.